The van der Waals surface area contributed by atoms with Crippen LogP contribution in [0.25, 0.3) is 10.9 Å². The highest BCUT2D eigenvalue weighted by Gasteiger charge is 2.28. The van der Waals surface area contributed by atoms with E-state index < -0.39 is 0 Å². The highest BCUT2D eigenvalue weighted by Crippen LogP contribution is 2.24. The number of carbonyl (C=O) groups excluding carboxylic acids is 2. The normalized spacial score (nSPS) is 14.6. The van der Waals surface area contributed by atoms with Gasteiger partial charge in [0, 0.05) is 48.8 Å². The van der Waals surface area contributed by atoms with Crippen molar-refractivity contribution >= 4 is 22.7 Å². The standard InChI is InChI=1S/C19H19N5O3/c1-12-17(13-4-2-3-5-14(13)20-12)19(27)24-10-8-23(9-11-24)18(26)15-6-7-16(25)22-21-15/h2-7,20H,8-11H2,1H3,(H,22,25). The Bertz CT molecular complexity index is 1060. The second kappa shape index (κ2) is 6.71. The van der Waals surface area contributed by atoms with Gasteiger partial charge in [0.2, 0.25) is 0 Å². The molecule has 2 N–H and O–H groups in total. The van der Waals surface area contributed by atoms with Gasteiger partial charge in [0.1, 0.15) is 5.69 Å². The van der Waals surface area contributed by atoms with Crippen molar-refractivity contribution in [2.75, 3.05) is 26.2 Å². The van der Waals surface area contributed by atoms with Crippen LogP contribution < -0.4 is 5.56 Å². The van der Waals surface area contributed by atoms with Gasteiger partial charge in [-0.2, -0.15) is 5.10 Å². The number of rotatable bonds is 2. The maximum Gasteiger partial charge on any atom is 0.274 e. The van der Waals surface area contributed by atoms with Gasteiger partial charge in [0.05, 0.1) is 5.56 Å². The van der Waals surface area contributed by atoms with Gasteiger partial charge < -0.3 is 14.8 Å². The summed E-state index contributed by atoms with van der Waals surface area (Å²) in [6, 6.07) is 10.4. The van der Waals surface area contributed by atoms with Crippen LogP contribution in [0.4, 0.5) is 0 Å². The Morgan fingerprint density at radius 3 is 2.30 bits per heavy atom. The molecular formula is C19H19N5O3. The first-order valence-electron chi connectivity index (χ1n) is 8.76. The number of carbonyl (C=O) groups is 2. The number of H-pyrrole nitrogens is 2. The number of hydrogen-bond acceptors (Lipinski definition) is 4. The number of piperazine rings is 1. The zero-order valence-electron chi connectivity index (χ0n) is 14.9. The molecule has 0 aliphatic carbocycles. The molecule has 1 fully saturated rings. The summed E-state index contributed by atoms with van der Waals surface area (Å²) in [5.74, 6) is -0.277. The number of hydrogen-bond donors (Lipinski definition) is 2. The van der Waals surface area contributed by atoms with Gasteiger partial charge in [0.25, 0.3) is 17.4 Å². The number of aromatic nitrogens is 3. The van der Waals surface area contributed by atoms with Crippen molar-refractivity contribution in [3.8, 4) is 0 Å². The highest BCUT2D eigenvalue weighted by molar-refractivity contribution is 6.08. The molecule has 4 rings (SSSR count). The summed E-state index contributed by atoms with van der Waals surface area (Å²) in [6.07, 6.45) is 0. The lowest BCUT2D eigenvalue weighted by Crippen LogP contribution is -2.50. The molecule has 2 aromatic heterocycles. The lowest BCUT2D eigenvalue weighted by atomic mass is 10.1. The topological polar surface area (TPSA) is 102 Å². The average Bonchev–Trinajstić information content (AvgIpc) is 3.03. The summed E-state index contributed by atoms with van der Waals surface area (Å²) < 4.78 is 0. The summed E-state index contributed by atoms with van der Waals surface area (Å²) >= 11 is 0. The van der Waals surface area contributed by atoms with Crippen molar-refractivity contribution in [3.63, 3.8) is 0 Å². The minimum Gasteiger partial charge on any atom is -0.358 e. The molecule has 138 valence electrons. The number of nitrogens with one attached hydrogen (secondary N) is 2. The molecule has 0 atom stereocenters. The number of amides is 2. The van der Waals surface area contributed by atoms with Crippen LogP contribution in [0.2, 0.25) is 0 Å². The van der Waals surface area contributed by atoms with Gasteiger partial charge in [-0.15, -0.1) is 0 Å². The van der Waals surface area contributed by atoms with Crippen molar-refractivity contribution in [1.82, 2.24) is 25.0 Å². The molecule has 8 nitrogen and oxygen atoms in total. The summed E-state index contributed by atoms with van der Waals surface area (Å²) in [5, 5.41) is 6.96. The molecule has 0 bridgehead atoms. The fraction of sp³-hybridized carbons (Fsp3) is 0.263. The first kappa shape index (κ1) is 17.0. The molecule has 0 spiro atoms. The first-order chi connectivity index (χ1) is 13.0. The Kier molecular flexibility index (Phi) is 4.23. The van der Waals surface area contributed by atoms with Crippen molar-refractivity contribution in [2.45, 2.75) is 6.92 Å². The smallest absolute Gasteiger partial charge is 0.274 e. The molecule has 8 heteroatoms. The van der Waals surface area contributed by atoms with Crippen LogP contribution in [0.1, 0.15) is 26.5 Å². The van der Waals surface area contributed by atoms with E-state index in [4.69, 9.17) is 0 Å². The zero-order valence-corrected chi connectivity index (χ0v) is 14.9. The third-order valence-electron chi connectivity index (χ3n) is 4.86. The maximum atomic E-state index is 13.0. The van der Waals surface area contributed by atoms with Gasteiger partial charge in [0.15, 0.2) is 0 Å². The summed E-state index contributed by atoms with van der Waals surface area (Å²) in [4.78, 5) is 43.3. The number of aromatic amines is 2. The molecule has 1 saturated heterocycles. The molecule has 3 heterocycles. The molecule has 0 saturated carbocycles. The van der Waals surface area contributed by atoms with E-state index >= 15 is 0 Å². The van der Waals surface area contributed by atoms with E-state index in [9.17, 15) is 14.4 Å². The van der Waals surface area contributed by atoms with Gasteiger partial charge in [-0.3, -0.25) is 14.4 Å². The predicted octanol–water partition coefficient (Wildman–Crippen LogP) is 1.16. The summed E-state index contributed by atoms with van der Waals surface area (Å²) in [5.41, 5.74) is 2.32. The van der Waals surface area contributed by atoms with E-state index in [-0.39, 0.29) is 23.1 Å². The first-order valence-corrected chi connectivity index (χ1v) is 8.76. The third kappa shape index (κ3) is 3.10. The average molecular weight is 365 g/mol. The van der Waals surface area contributed by atoms with E-state index in [0.717, 1.165) is 16.6 Å². The number of fused-ring (bicyclic) bond motifs is 1. The Hall–Kier alpha value is -3.42. The van der Waals surface area contributed by atoms with Crippen LogP contribution in [0.3, 0.4) is 0 Å². The van der Waals surface area contributed by atoms with Crippen molar-refractivity contribution in [1.29, 1.82) is 0 Å². The summed E-state index contributed by atoms with van der Waals surface area (Å²) in [6.45, 7) is 3.65. The lowest BCUT2D eigenvalue weighted by molar-refractivity contribution is 0.0532. The molecule has 0 unspecified atom stereocenters. The second-order valence-electron chi connectivity index (χ2n) is 6.56. The SMILES string of the molecule is Cc1[nH]c2ccccc2c1C(=O)N1CCN(C(=O)c2ccc(=O)[nH]n2)CC1. The number of para-hydroxylation sites is 1. The van der Waals surface area contributed by atoms with Crippen LogP contribution in [0, 0.1) is 6.92 Å². The fourth-order valence-electron chi connectivity index (χ4n) is 3.45. The molecular weight excluding hydrogens is 346 g/mol. The van der Waals surface area contributed by atoms with Gasteiger partial charge in [-0.1, -0.05) is 18.2 Å². The number of nitrogens with zero attached hydrogens (tertiary/aromatic N) is 3. The molecule has 1 aliphatic heterocycles. The lowest BCUT2D eigenvalue weighted by Gasteiger charge is -2.34. The molecule has 2 amide bonds. The monoisotopic (exact) mass is 365 g/mol. The molecule has 0 radical (unpaired) electrons. The Morgan fingerprint density at radius 2 is 1.63 bits per heavy atom. The minimum atomic E-state index is -0.351. The predicted molar refractivity (Wildman–Crippen MR) is 99.7 cm³/mol. The van der Waals surface area contributed by atoms with Crippen LogP contribution in [-0.4, -0.2) is 63.0 Å². The molecule has 1 aromatic carbocycles. The molecule has 3 aromatic rings. The largest absolute Gasteiger partial charge is 0.358 e. The Morgan fingerprint density at radius 1 is 0.963 bits per heavy atom. The van der Waals surface area contributed by atoms with E-state index in [2.05, 4.69) is 15.2 Å². The van der Waals surface area contributed by atoms with Crippen LogP contribution in [0.5, 0.6) is 0 Å². The fourth-order valence-corrected chi connectivity index (χ4v) is 3.45. The maximum absolute atomic E-state index is 13.0. The van der Waals surface area contributed by atoms with Crippen molar-refractivity contribution < 1.29 is 9.59 Å². The minimum absolute atomic E-state index is 0.0285. The van der Waals surface area contributed by atoms with Gasteiger partial charge >= 0.3 is 0 Å². The molecule has 27 heavy (non-hydrogen) atoms. The Labute approximate surface area is 154 Å². The van der Waals surface area contributed by atoms with Gasteiger partial charge in [-0.25, -0.2) is 5.10 Å². The quantitative estimate of drug-likeness (QED) is 0.711. The summed E-state index contributed by atoms with van der Waals surface area (Å²) in [7, 11) is 0. The number of benzene rings is 1. The van der Waals surface area contributed by atoms with E-state index in [0.29, 0.717) is 31.7 Å². The highest BCUT2D eigenvalue weighted by atomic mass is 16.2. The number of aryl methyl sites for hydroxylation is 1. The van der Waals surface area contributed by atoms with Crippen LogP contribution in [0.15, 0.2) is 41.2 Å². The van der Waals surface area contributed by atoms with E-state index in [1.807, 2.05) is 31.2 Å². The van der Waals surface area contributed by atoms with Crippen LogP contribution in [-0.2, 0) is 0 Å². The van der Waals surface area contributed by atoms with Gasteiger partial charge in [-0.05, 0) is 19.1 Å². The van der Waals surface area contributed by atoms with E-state index in [1.54, 1.807) is 9.80 Å². The third-order valence-corrected chi connectivity index (χ3v) is 4.86. The van der Waals surface area contributed by atoms with Crippen molar-refractivity contribution in [3.05, 3.63) is 63.7 Å². The zero-order chi connectivity index (χ0) is 19.0. The Balaban J connectivity index is 1.48. The van der Waals surface area contributed by atoms with Crippen molar-refractivity contribution in [2.24, 2.45) is 0 Å². The van der Waals surface area contributed by atoms with Crippen LogP contribution >= 0.6 is 0 Å². The second-order valence-corrected chi connectivity index (χ2v) is 6.56. The van der Waals surface area contributed by atoms with E-state index in [1.165, 1.54) is 12.1 Å². The molecule has 1 aliphatic rings.